The number of hydrogen-bond acceptors (Lipinski definition) is 1. The molecule has 0 bridgehead atoms. The summed E-state index contributed by atoms with van der Waals surface area (Å²) in [7, 11) is 0. The normalized spacial score (nSPS) is 11.5. The number of hydrogen-bond donors (Lipinski definition) is 1. The molecule has 1 aromatic carbocycles. The Morgan fingerprint density at radius 3 is 2.47 bits per heavy atom. The number of benzene rings is 1. The molecule has 0 unspecified atom stereocenters. The summed E-state index contributed by atoms with van der Waals surface area (Å²) in [4.78, 5) is 0. The molecule has 1 heteroatoms. The summed E-state index contributed by atoms with van der Waals surface area (Å²) in [5.74, 6) is 0. The zero-order valence-electron chi connectivity index (χ0n) is 9.96. The largest absolute Gasteiger partial charge is 0.314 e. The fourth-order valence-electron chi connectivity index (χ4n) is 1.35. The SMILES string of the molecule is Cc1ccc(C=CCCNC(C)C)cc1. The topological polar surface area (TPSA) is 12.0 Å². The van der Waals surface area contributed by atoms with Crippen LogP contribution in [0.4, 0.5) is 0 Å². The van der Waals surface area contributed by atoms with Gasteiger partial charge in [0.15, 0.2) is 0 Å². The minimum Gasteiger partial charge on any atom is -0.314 e. The number of aryl methyl sites for hydroxylation is 1. The molecule has 0 radical (unpaired) electrons. The van der Waals surface area contributed by atoms with E-state index in [1.165, 1.54) is 11.1 Å². The molecular weight excluding hydrogens is 182 g/mol. The van der Waals surface area contributed by atoms with E-state index in [2.05, 4.69) is 62.5 Å². The third-order valence-electron chi connectivity index (χ3n) is 2.25. The van der Waals surface area contributed by atoms with E-state index >= 15 is 0 Å². The van der Waals surface area contributed by atoms with E-state index in [-0.39, 0.29) is 0 Å². The lowest BCUT2D eigenvalue weighted by atomic mass is 10.1. The summed E-state index contributed by atoms with van der Waals surface area (Å²) >= 11 is 0. The Bertz CT molecular complexity index is 296. The van der Waals surface area contributed by atoms with Gasteiger partial charge >= 0.3 is 0 Å². The van der Waals surface area contributed by atoms with E-state index in [4.69, 9.17) is 0 Å². The van der Waals surface area contributed by atoms with Crippen LogP contribution in [0.25, 0.3) is 6.08 Å². The van der Waals surface area contributed by atoms with Gasteiger partial charge in [0.2, 0.25) is 0 Å². The van der Waals surface area contributed by atoms with Gasteiger partial charge in [-0.05, 0) is 25.5 Å². The molecule has 0 aliphatic rings. The van der Waals surface area contributed by atoms with Crippen molar-refractivity contribution in [2.45, 2.75) is 33.2 Å². The summed E-state index contributed by atoms with van der Waals surface area (Å²) in [6, 6.07) is 9.18. The molecule has 1 aromatic rings. The Balaban J connectivity index is 2.29. The molecule has 0 atom stereocenters. The average molecular weight is 203 g/mol. The first-order valence-corrected chi connectivity index (χ1v) is 5.65. The lowest BCUT2D eigenvalue weighted by Crippen LogP contribution is -2.23. The molecule has 0 spiro atoms. The van der Waals surface area contributed by atoms with Gasteiger partial charge in [-0.1, -0.05) is 55.8 Å². The van der Waals surface area contributed by atoms with Crippen LogP contribution in [0.1, 0.15) is 31.4 Å². The monoisotopic (exact) mass is 203 g/mol. The maximum absolute atomic E-state index is 3.39. The van der Waals surface area contributed by atoms with Crippen molar-refractivity contribution in [2.75, 3.05) is 6.54 Å². The maximum atomic E-state index is 3.39. The van der Waals surface area contributed by atoms with Gasteiger partial charge in [0.25, 0.3) is 0 Å². The van der Waals surface area contributed by atoms with Crippen LogP contribution in [-0.2, 0) is 0 Å². The van der Waals surface area contributed by atoms with Crippen LogP contribution in [0.15, 0.2) is 30.3 Å². The van der Waals surface area contributed by atoms with Crippen molar-refractivity contribution in [2.24, 2.45) is 0 Å². The molecule has 0 aliphatic heterocycles. The summed E-state index contributed by atoms with van der Waals surface area (Å²) < 4.78 is 0. The van der Waals surface area contributed by atoms with Crippen molar-refractivity contribution in [1.29, 1.82) is 0 Å². The van der Waals surface area contributed by atoms with Crippen LogP contribution in [-0.4, -0.2) is 12.6 Å². The van der Waals surface area contributed by atoms with Crippen LogP contribution >= 0.6 is 0 Å². The van der Waals surface area contributed by atoms with Gasteiger partial charge in [0.05, 0.1) is 0 Å². The van der Waals surface area contributed by atoms with Crippen molar-refractivity contribution in [1.82, 2.24) is 5.32 Å². The molecule has 1 rings (SSSR count). The maximum Gasteiger partial charge on any atom is 0.00105 e. The Kier molecular flexibility index (Phi) is 5.13. The molecule has 82 valence electrons. The predicted octanol–water partition coefficient (Wildman–Crippen LogP) is 3.40. The quantitative estimate of drug-likeness (QED) is 0.723. The molecule has 15 heavy (non-hydrogen) atoms. The van der Waals surface area contributed by atoms with Crippen molar-refractivity contribution in [3.63, 3.8) is 0 Å². The minimum atomic E-state index is 0.581. The molecule has 0 aliphatic carbocycles. The highest BCUT2D eigenvalue weighted by Crippen LogP contribution is 2.05. The first-order chi connectivity index (χ1) is 7.18. The summed E-state index contributed by atoms with van der Waals surface area (Å²) in [5, 5.41) is 3.39. The Hall–Kier alpha value is -1.08. The van der Waals surface area contributed by atoms with E-state index in [0.717, 1.165) is 13.0 Å². The van der Waals surface area contributed by atoms with E-state index in [1.54, 1.807) is 0 Å². The molecule has 0 fully saturated rings. The van der Waals surface area contributed by atoms with E-state index in [1.807, 2.05) is 0 Å². The standard InChI is InChI=1S/C14H21N/c1-12(2)15-11-5-4-6-14-9-7-13(3)8-10-14/h4,6-10,12,15H,5,11H2,1-3H3. The molecule has 0 heterocycles. The van der Waals surface area contributed by atoms with Crippen molar-refractivity contribution in [3.05, 3.63) is 41.5 Å². The van der Waals surface area contributed by atoms with Crippen LogP contribution < -0.4 is 5.32 Å². The van der Waals surface area contributed by atoms with E-state index in [0.29, 0.717) is 6.04 Å². The zero-order valence-corrected chi connectivity index (χ0v) is 9.96. The average Bonchev–Trinajstić information content (AvgIpc) is 2.20. The fourth-order valence-corrected chi connectivity index (χ4v) is 1.35. The molecular formula is C14H21N. The Morgan fingerprint density at radius 1 is 1.20 bits per heavy atom. The zero-order chi connectivity index (χ0) is 11.1. The number of rotatable bonds is 5. The predicted molar refractivity (Wildman–Crippen MR) is 68.0 cm³/mol. The highest BCUT2D eigenvalue weighted by atomic mass is 14.9. The van der Waals surface area contributed by atoms with Gasteiger partial charge in [-0.3, -0.25) is 0 Å². The first kappa shape index (κ1) is 12.0. The Labute approximate surface area is 93.2 Å². The molecule has 1 nitrogen and oxygen atoms in total. The Morgan fingerprint density at radius 2 is 1.87 bits per heavy atom. The van der Waals surface area contributed by atoms with Crippen molar-refractivity contribution < 1.29 is 0 Å². The smallest absolute Gasteiger partial charge is 0.00105 e. The highest BCUT2D eigenvalue weighted by molar-refractivity contribution is 5.49. The second kappa shape index (κ2) is 6.41. The van der Waals surface area contributed by atoms with Gasteiger partial charge in [0, 0.05) is 6.04 Å². The molecule has 1 N–H and O–H groups in total. The van der Waals surface area contributed by atoms with Crippen molar-refractivity contribution >= 4 is 6.08 Å². The molecule has 0 saturated carbocycles. The van der Waals surface area contributed by atoms with Crippen LogP contribution in [0.2, 0.25) is 0 Å². The van der Waals surface area contributed by atoms with Gasteiger partial charge in [-0.15, -0.1) is 0 Å². The molecule has 0 aromatic heterocycles. The van der Waals surface area contributed by atoms with Crippen LogP contribution in [0.3, 0.4) is 0 Å². The van der Waals surface area contributed by atoms with Crippen LogP contribution in [0, 0.1) is 6.92 Å². The van der Waals surface area contributed by atoms with Gasteiger partial charge in [-0.2, -0.15) is 0 Å². The summed E-state index contributed by atoms with van der Waals surface area (Å²) in [6.07, 6.45) is 5.49. The van der Waals surface area contributed by atoms with Gasteiger partial charge in [0.1, 0.15) is 0 Å². The minimum absolute atomic E-state index is 0.581. The van der Waals surface area contributed by atoms with E-state index in [9.17, 15) is 0 Å². The molecule has 0 amide bonds. The first-order valence-electron chi connectivity index (χ1n) is 5.65. The van der Waals surface area contributed by atoms with E-state index < -0.39 is 0 Å². The van der Waals surface area contributed by atoms with Gasteiger partial charge < -0.3 is 5.32 Å². The third-order valence-corrected chi connectivity index (χ3v) is 2.25. The number of nitrogens with one attached hydrogen (secondary N) is 1. The second-order valence-corrected chi connectivity index (χ2v) is 4.21. The fraction of sp³-hybridized carbons (Fsp3) is 0.429. The van der Waals surface area contributed by atoms with Gasteiger partial charge in [-0.25, -0.2) is 0 Å². The second-order valence-electron chi connectivity index (χ2n) is 4.21. The van der Waals surface area contributed by atoms with Crippen LogP contribution in [0.5, 0.6) is 0 Å². The van der Waals surface area contributed by atoms with Crippen molar-refractivity contribution in [3.8, 4) is 0 Å². The summed E-state index contributed by atoms with van der Waals surface area (Å²) in [6.45, 7) is 7.51. The summed E-state index contributed by atoms with van der Waals surface area (Å²) in [5.41, 5.74) is 2.60. The lowest BCUT2D eigenvalue weighted by Gasteiger charge is -2.04. The lowest BCUT2D eigenvalue weighted by molar-refractivity contribution is 0.595. The third kappa shape index (κ3) is 5.38. The molecule has 0 saturated heterocycles. The highest BCUT2D eigenvalue weighted by Gasteiger charge is 1.89.